The second-order valence-electron chi connectivity index (χ2n) is 4.15. The summed E-state index contributed by atoms with van der Waals surface area (Å²) in [5.74, 6) is 0. The predicted octanol–water partition coefficient (Wildman–Crippen LogP) is 5.86. The Morgan fingerprint density at radius 1 is 1.00 bits per heavy atom. The molecule has 1 aromatic heterocycles. The van der Waals surface area contributed by atoms with Gasteiger partial charge in [0, 0.05) is 16.0 Å². The number of nitrogens with zero attached hydrogens (tertiary/aromatic N) is 1. The number of hydrogen-bond acceptors (Lipinski definition) is 3. The third kappa shape index (κ3) is 2.96. The van der Waals surface area contributed by atoms with E-state index < -0.39 is 0 Å². The van der Waals surface area contributed by atoms with E-state index in [2.05, 4.69) is 10.3 Å². The minimum atomic E-state index is 0.578. The summed E-state index contributed by atoms with van der Waals surface area (Å²) in [7, 11) is 0. The van der Waals surface area contributed by atoms with Crippen LogP contribution < -0.4 is 5.32 Å². The van der Waals surface area contributed by atoms with Gasteiger partial charge in [-0.15, -0.1) is 11.3 Å². The molecule has 0 atom stereocenters. The predicted molar refractivity (Wildman–Crippen MR) is 87.3 cm³/mol. The van der Waals surface area contributed by atoms with Gasteiger partial charge in [0.15, 0.2) is 5.13 Å². The average molecular weight is 321 g/mol. The molecule has 0 bridgehead atoms. The summed E-state index contributed by atoms with van der Waals surface area (Å²) in [6, 6.07) is 15.4. The number of aromatic nitrogens is 1. The van der Waals surface area contributed by atoms with Gasteiger partial charge < -0.3 is 5.32 Å². The van der Waals surface area contributed by atoms with Gasteiger partial charge in [0.1, 0.15) is 0 Å². The summed E-state index contributed by atoms with van der Waals surface area (Å²) in [5.41, 5.74) is 2.84. The van der Waals surface area contributed by atoms with E-state index in [0.29, 0.717) is 10.0 Å². The zero-order chi connectivity index (χ0) is 13.9. The van der Waals surface area contributed by atoms with Crippen molar-refractivity contribution in [2.24, 2.45) is 0 Å². The van der Waals surface area contributed by atoms with Crippen molar-refractivity contribution in [1.82, 2.24) is 4.98 Å². The SMILES string of the molecule is Clc1ccc(Nc2nc(-c3ccccc3)cs2)c(Cl)c1. The van der Waals surface area contributed by atoms with Crippen molar-refractivity contribution in [3.63, 3.8) is 0 Å². The van der Waals surface area contributed by atoms with Crippen molar-refractivity contribution < 1.29 is 0 Å². The molecule has 0 aliphatic rings. The maximum atomic E-state index is 6.13. The topological polar surface area (TPSA) is 24.9 Å². The van der Waals surface area contributed by atoms with Crippen LogP contribution in [0.25, 0.3) is 11.3 Å². The molecule has 0 aliphatic heterocycles. The molecular formula is C15H10Cl2N2S. The van der Waals surface area contributed by atoms with Gasteiger partial charge in [-0.2, -0.15) is 0 Å². The van der Waals surface area contributed by atoms with E-state index in [1.807, 2.05) is 41.8 Å². The molecule has 0 saturated heterocycles. The fourth-order valence-electron chi connectivity index (χ4n) is 1.78. The Balaban J connectivity index is 1.84. The molecule has 0 amide bonds. The van der Waals surface area contributed by atoms with Gasteiger partial charge in [-0.05, 0) is 18.2 Å². The van der Waals surface area contributed by atoms with Gasteiger partial charge in [-0.1, -0.05) is 53.5 Å². The number of halogens is 2. The van der Waals surface area contributed by atoms with E-state index in [4.69, 9.17) is 23.2 Å². The first-order valence-corrected chi connectivity index (χ1v) is 7.59. The van der Waals surface area contributed by atoms with Crippen LogP contribution in [-0.2, 0) is 0 Å². The summed E-state index contributed by atoms with van der Waals surface area (Å²) in [5, 5.41) is 7.21. The summed E-state index contributed by atoms with van der Waals surface area (Å²) in [6.07, 6.45) is 0. The van der Waals surface area contributed by atoms with Crippen molar-refractivity contribution in [2.75, 3.05) is 5.32 Å². The van der Waals surface area contributed by atoms with E-state index in [1.165, 1.54) is 11.3 Å². The minimum absolute atomic E-state index is 0.578. The fourth-order valence-corrected chi connectivity index (χ4v) is 2.97. The number of hydrogen-bond donors (Lipinski definition) is 1. The lowest BCUT2D eigenvalue weighted by atomic mass is 10.2. The number of benzene rings is 2. The second-order valence-corrected chi connectivity index (χ2v) is 5.85. The molecule has 3 rings (SSSR count). The molecule has 2 nitrogen and oxygen atoms in total. The van der Waals surface area contributed by atoms with Crippen LogP contribution in [0.3, 0.4) is 0 Å². The van der Waals surface area contributed by atoms with Crippen LogP contribution >= 0.6 is 34.5 Å². The molecule has 20 heavy (non-hydrogen) atoms. The first kappa shape index (κ1) is 13.4. The molecule has 1 N–H and O–H groups in total. The summed E-state index contributed by atoms with van der Waals surface area (Å²) in [6.45, 7) is 0. The van der Waals surface area contributed by atoms with Crippen molar-refractivity contribution >= 4 is 45.4 Å². The summed E-state index contributed by atoms with van der Waals surface area (Å²) >= 11 is 13.6. The van der Waals surface area contributed by atoms with Crippen molar-refractivity contribution in [1.29, 1.82) is 0 Å². The monoisotopic (exact) mass is 320 g/mol. The third-order valence-electron chi connectivity index (χ3n) is 2.75. The Morgan fingerprint density at radius 3 is 2.55 bits per heavy atom. The largest absolute Gasteiger partial charge is 0.330 e. The van der Waals surface area contributed by atoms with E-state index >= 15 is 0 Å². The number of rotatable bonds is 3. The van der Waals surface area contributed by atoms with Crippen LogP contribution in [0.5, 0.6) is 0 Å². The standard InChI is InChI=1S/C15H10Cl2N2S/c16-11-6-7-13(12(17)8-11)18-15-19-14(9-20-15)10-4-2-1-3-5-10/h1-9H,(H,18,19). The average Bonchev–Trinajstić information content (AvgIpc) is 2.92. The maximum absolute atomic E-state index is 6.13. The van der Waals surface area contributed by atoms with Gasteiger partial charge in [-0.25, -0.2) is 4.98 Å². The molecular weight excluding hydrogens is 311 g/mol. The zero-order valence-corrected chi connectivity index (χ0v) is 12.6. The number of anilines is 2. The lowest BCUT2D eigenvalue weighted by molar-refractivity contribution is 1.38. The van der Waals surface area contributed by atoms with E-state index in [1.54, 1.807) is 12.1 Å². The quantitative estimate of drug-likeness (QED) is 0.653. The highest BCUT2D eigenvalue weighted by atomic mass is 35.5. The molecule has 0 radical (unpaired) electrons. The highest BCUT2D eigenvalue weighted by molar-refractivity contribution is 7.14. The van der Waals surface area contributed by atoms with Crippen LogP contribution in [0, 0.1) is 0 Å². The van der Waals surface area contributed by atoms with Crippen LogP contribution in [0.2, 0.25) is 10.0 Å². The second kappa shape index (κ2) is 5.83. The first-order valence-electron chi connectivity index (χ1n) is 5.95. The van der Waals surface area contributed by atoms with E-state index in [0.717, 1.165) is 22.1 Å². The lowest BCUT2D eigenvalue weighted by Crippen LogP contribution is -1.90. The van der Waals surface area contributed by atoms with Crippen molar-refractivity contribution in [3.8, 4) is 11.3 Å². The van der Waals surface area contributed by atoms with E-state index in [9.17, 15) is 0 Å². The minimum Gasteiger partial charge on any atom is -0.330 e. The van der Waals surface area contributed by atoms with Gasteiger partial charge in [-0.3, -0.25) is 0 Å². The highest BCUT2D eigenvalue weighted by Crippen LogP contribution is 2.31. The molecule has 1 heterocycles. The molecule has 0 unspecified atom stereocenters. The van der Waals surface area contributed by atoms with Gasteiger partial charge in [0.25, 0.3) is 0 Å². The first-order chi connectivity index (χ1) is 9.72. The van der Waals surface area contributed by atoms with Crippen LogP contribution in [0.1, 0.15) is 0 Å². The van der Waals surface area contributed by atoms with E-state index in [-0.39, 0.29) is 0 Å². The molecule has 0 aliphatic carbocycles. The zero-order valence-electron chi connectivity index (χ0n) is 10.3. The maximum Gasteiger partial charge on any atom is 0.187 e. The van der Waals surface area contributed by atoms with Gasteiger partial charge in [0.2, 0.25) is 0 Å². The summed E-state index contributed by atoms with van der Waals surface area (Å²) in [4.78, 5) is 4.56. The molecule has 3 aromatic rings. The Hall–Kier alpha value is -1.55. The summed E-state index contributed by atoms with van der Waals surface area (Å²) < 4.78 is 0. The Bertz CT molecular complexity index is 726. The van der Waals surface area contributed by atoms with Crippen LogP contribution in [0.4, 0.5) is 10.8 Å². The smallest absolute Gasteiger partial charge is 0.187 e. The van der Waals surface area contributed by atoms with Crippen molar-refractivity contribution in [2.45, 2.75) is 0 Å². The molecule has 0 fully saturated rings. The normalized spacial score (nSPS) is 10.5. The number of nitrogens with one attached hydrogen (secondary N) is 1. The lowest BCUT2D eigenvalue weighted by Gasteiger charge is -2.05. The highest BCUT2D eigenvalue weighted by Gasteiger charge is 2.06. The molecule has 100 valence electrons. The Kier molecular flexibility index (Phi) is 3.92. The number of thiazole rings is 1. The fraction of sp³-hybridized carbons (Fsp3) is 0. The van der Waals surface area contributed by atoms with Gasteiger partial charge >= 0.3 is 0 Å². The van der Waals surface area contributed by atoms with Crippen LogP contribution in [0.15, 0.2) is 53.9 Å². The Labute approximate surface area is 131 Å². The third-order valence-corrected chi connectivity index (χ3v) is 4.05. The molecule has 2 aromatic carbocycles. The Morgan fingerprint density at radius 2 is 1.80 bits per heavy atom. The van der Waals surface area contributed by atoms with Crippen LogP contribution in [-0.4, -0.2) is 4.98 Å². The molecule has 5 heteroatoms. The molecule has 0 spiro atoms. The van der Waals surface area contributed by atoms with Gasteiger partial charge in [0.05, 0.1) is 16.4 Å². The van der Waals surface area contributed by atoms with Crippen molar-refractivity contribution in [3.05, 3.63) is 64.0 Å². The molecule has 0 saturated carbocycles.